The number of hydrogen-bond donors (Lipinski definition) is 3. The van der Waals surface area contributed by atoms with Crippen molar-refractivity contribution in [1.82, 2.24) is 9.97 Å². The van der Waals surface area contributed by atoms with Gasteiger partial charge in [-0.15, -0.1) is 0 Å². The van der Waals surface area contributed by atoms with E-state index < -0.39 is 0 Å². The Balaban J connectivity index is 1.89. The highest BCUT2D eigenvalue weighted by Gasteiger charge is 2.13. The zero-order valence-electron chi connectivity index (χ0n) is 10.8. The minimum atomic E-state index is 0.130. The number of fused-ring (bicyclic) bond motifs is 1. The Morgan fingerprint density at radius 2 is 2.16 bits per heavy atom. The summed E-state index contributed by atoms with van der Waals surface area (Å²) in [7, 11) is 0. The van der Waals surface area contributed by atoms with E-state index in [1.807, 2.05) is 38.2 Å². The van der Waals surface area contributed by atoms with Crippen LogP contribution in [0.2, 0.25) is 0 Å². The molecule has 3 aromatic rings. The number of nitrogens with zero attached hydrogens (tertiary/aromatic N) is 1. The number of rotatable bonds is 3. The van der Waals surface area contributed by atoms with Gasteiger partial charge in [0.15, 0.2) is 5.13 Å². The van der Waals surface area contributed by atoms with Crippen LogP contribution < -0.4 is 5.32 Å². The van der Waals surface area contributed by atoms with Crippen LogP contribution in [0.3, 0.4) is 0 Å². The summed E-state index contributed by atoms with van der Waals surface area (Å²) in [4.78, 5) is 8.22. The Kier molecular flexibility index (Phi) is 2.91. The van der Waals surface area contributed by atoms with Crippen LogP contribution in [-0.4, -0.2) is 15.1 Å². The van der Waals surface area contributed by atoms with Gasteiger partial charge >= 0.3 is 0 Å². The second-order valence-electron chi connectivity index (χ2n) is 4.77. The van der Waals surface area contributed by atoms with Gasteiger partial charge in [-0.2, -0.15) is 4.98 Å². The number of thiazole rings is 1. The van der Waals surface area contributed by atoms with Crippen molar-refractivity contribution >= 4 is 33.1 Å². The first-order valence-corrected chi connectivity index (χ1v) is 6.99. The van der Waals surface area contributed by atoms with Gasteiger partial charge in [0, 0.05) is 22.8 Å². The lowest BCUT2D eigenvalue weighted by atomic mass is 10.2. The molecule has 0 aliphatic carbocycles. The number of aromatic amines is 1. The third kappa shape index (κ3) is 2.29. The van der Waals surface area contributed by atoms with Crippen LogP contribution in [0.1, 0.15) is 24.6 Å². The predicted octanol–water partition coefficient (Wildman–Crippen LogP) is 4.20. The number of anilines is 2. The van der Waals surface area contributed by atoms with Crippen LogP contribution in [0.4, 0.5) is 10.8 Å². The maximum absolute atomic E-state index is 9.77. The highest BCUT2D eigenvalue weighted by molar-refractivity contribution is 7.16. The van der Waals surface area contributed by atoms with Gasteiger partial charge in [0.2, 0.25) is 5.88 Å². The van der Waals surface area contributed by atoms with Crippen LogP contribution in [0.15, 0.2) is 30.5 Å². The van der Waals surface area contributed by atoms with Crippen molar-refractivity contribution in [2.24, 2.45) is 0 Å². The van der Waals surface area contributed by atoms with Crippen LogP contribution in [0.5, 0.6) is 5.88 Å². The zero-order valence-corrected chi connectivity index (χ0v) is 11.6. The first kappa shape index (κ1) is 12.0. The lowest BCUT2D eigenvalue weighted by Gasteiger charge is -2.02. The van der Waals surface area contributed by atoms with Gasteiger partial charge in [-0.3, -0.25) is 0 Å². The molecule has 3 N–H and O–H groups in total. The first-order chi connectivity index (χ1) is 9.13. The Labute approximate surface area is 115 Å². The van der Waals surface area contributed by atoms with Crippen molar-refractivity contribution in [3.05, 3.63) is 35.3 Å². The molecule has 2 heterocycles. The van der Waals surface area contributed by atoms with E-state index in [-0.39, 0.29) is 11.8 Å². The van der Waals surface area contributed by atoms with E-state index in [4.69, 9.17) is 0 Å². The molecular weight excluding hydrogens is 258 g/mol. The SMILES string of the molecule is CC(C)c1sc(Nc2ccc3[nH]ccc3c2)nc1O. The quantitative estimate of drug-likeness (QED) is 0.670. The summed E-state index contributed by atoms with van der Waals surface area (Å²) >= 11 is 1.49. The van der Waals surface area contributed by atoms with E-state index in [1.54, 1.807) is 0 Å². The summed E-state index contributed by atoms with van der Waals surface area (Å²) in [5.74, 6) is 0.408. The van der Waals surface area contributed by atoms with Gasteiger partial charge in [0.25, 0.3) is 0 Å². The van der Waals surface area contributed by atoms with Crippen molar-refractivity contribution in [1.29, 1.82) is 0 Å². The lowest BCUT2D eigenvalue weighted by molar-refractivity contribution is 0.449. The summed E-state index contributed by atoms with van der Waals surface area (Å²) in [6.45, 7) is 4.09. The summed E-state index contributed by atoms with van der Waals surface area (Å²) in [5, 5.41) is 14.9. The van der Waals surface area contributed by atoms with Gasteiger partial charge in [0.05, 0.1) is 4.88 Å². The minimum Gasteiger partial charge on any atom is -0.492 e. The molecule has 0 radical (unpaired) electrons. The predicted molar refractivity (Wildman–Crippen MR) is 79.4 cm³/mol. The van der Waals surface area contributed by atoms with Crippen LogP contribution in [0, 0.1) is 0 Å². The summed E-state index contributed by atoms with van der Waals surface area (Å²) in [6.07, 6.45) is 1.92. The molecule has 3 rings (SSSR count). The van der Waals surface area contributed by atoms with E-state index in [9.17, 15) is 5.11 Å². The van der Waals surface area contributed by atoms with E-state index in [2.05, 4.69) is 21.4 Å². The number of hydrogen-bond acceptors (Lipinski definition) is 4. The third-order valence-corrected chi connectivity index (χ3v) is 4.22. The molecule has 2 aromatic heterocycles. The molecule has 19 heavy (non-hydrogen) atoms. The number of H-pyrrole nitrogens is 1. The monoisotopic (exact) mass is 273 g/mol. The molecule has 0 saturated carbocycles. The lowest BCUT2D eigenvalue weighted by Crippen LogP contribution is -1.88. The normalized spacial score (nSPS) is 11.3. The molecule has 0 aliphatic heterocycles. The second-order valence-corrected chi connectivity index (χ2v) is 5.80. The molecule has 0 amide bonds. The molecule has 98 valence electrons. The van der Waals surface area contributed by atoms with Gasteiger partial charge in [-0.05, 0) is 30.2 Å². The topological polar surface area (TPSA) is 60.9 Å². The van der Waals surface area contributed by atoms with Crippen molar-refractivity contribution in [2.45, 2.75) is 19.8 Å². The average molecular weight is 273 g/mol. The smallest absolute Gasteiger partial charge is 0.227 e. The van der Waals surface area contributed by atoms with Crippen LogP contribution >= 0.6 is 11.3 Å². The molecule has 0 atom stereocenters. The van der Waals surface area contributed by atoms with E-state index in [1.165, 1.54) is 11.3 Å². The van der Waals surface area contributed by atoms with Crippen molar-refractivity contribution in [2.75, 3.05) is 5.32 Å². The summed E-state index contributed by atoms with van der Waals surface area (Å²) < 4.78 is 0. The van der Waals surface area contributed by atoms with Crippen molar-refractivity contribution < 1.29 is 5.11 Å². The standard InChI is InChI=1S/C14H15N3OS/c1-8(2)12-13(18)17-14(19-12)16-10-3-4-11-9(7-10)5-6-15-11/h3-8,15,18H,1-2H3,(H,16,17). The summed E-state index contributed by atoms with van der Waals surface area (Å²) in [5.41, 5.74) is 2.08. The van der Waals surface area contributed by atoms with Crippen LogP contribution in [0.25, 0.3) is 10.9 Å². The van der Waals surface area contributed by atoms with Gasteiger partial charge in [0.1, 0.15) is 0 Å². The number of nitrogens with one attached hydrogen (secondary N) is 2. The average Bonchev–Trinajstić information content (AvgIpc) is 2.95. The van der Waals surface area contributed by atoms with Crippen molar-refractivity contribution in [3.8, 4) is 5.88 Å². The highest BCUT2D eigenvalue weighted by Crippen LogP contribution is 2.35. The summed E-state index contributed by atoms with van der Waals surface area (Å²) in [6, 6.07) is 8.10. The minimum absolute atomic E-state index is 0.130. The fraction of sp³-hybridized carbons (Fsp3) is 0.214. The fourth-order valence-electron chi connectivity index (χ4n) is 2.01. The maximum Gasteiger partial charge on any atom is 0.227 e. The Morgan fingerprint density at radius 1 is 1.32 bits per heavy atom. The molecule has 4 nitrogen and oxygen atoms in total. The maximum atomic E-state index is 9.77. The van der Waals surface area contributed by atoms with Gasteiger partial charge in [-0.1, -0.05) is 25.2 Å². The Bertz CT molecular complexity index is 714. The molecule has 1 aromatic carbocycles. The molecule has 5 heteroatoms. The number of benzene rings is 1. The molecule has 0 aliphatic rings. The molecule has 0 fully saturated rings. The van der Waals surface area contributed by atoms with Gasteiger partial charge in [-0.25, -0.2) is 0 Å². The zero-order chi connectivity index (χ0) is 13.4. The molecule has 0 unspecified atom stereocenters. The van der Waals surface area contributed by atoms with Crippen molar-refractivity contribution in [3.63, 3.8) is 0 Å². The Morgan fingerprint density at radius 3 is 2.89 bits per heavy atom. The highest BCUT2D eigenvalue weighted by atomic mass is 32.1. The molecule has 0 bridgehead atoms. The van der Waals surface area contributed by atoms with E-state index >= 15 is 0 Å². The molecular formula is C14H15N3OS. The Hall–Kier alpha value is -2.01. The van der Waals surface area contributed by atoms with Gasteiger partial charge < -0.3 is 15.4 Å². The van der Waals surface area contributed by atoms with E-state index in [0.717, 1.165) is 26.6 Å². The third-order valence-electron chi connectivity index (χ3n) is 2.96. The number of aromatic hydroxyl groups is 1. The molecule has 0 saturated heterocycles. The number of aromatic nitrogens is 2. The largest absolute Gasteiger partial charge is 0.492 e. The second kappa shape index (κ2) is 4.59. The molecule has 0 spiro atoms. The van der Waals surface area contributed by atoms with E-state index in [0.29, 0.717) is 0 Å². The fourth-order valence-corrected chi connectivity index (χ4v) is 2.89. The first-order valence-electron chi connectivity index (χ1n) is 6.17. The van der Waals surface area contributed by atoms with Crippen LogP contribution in [-0.2, 0) is 0 Å².